The van der Waals surface area contributed by atoms with Crippen LogP contribution < -0.4 is 11.6 Å². The lowest BCUT2D eigenvalue weighted by Gasteiger charge is -2.06. The van der Waals surface area contributed by atoms with Crippen molar-refractivity contribution < 1.29 is 19.8 Å². The summed E-state index contributed by atoms with van der Waals surface area (Å²) in [6.45, 7) is 0. The number of carbonyl (C=O) groups is 2. The minimum absolute atomic E-state index is 0.256. The fourth-order valence-electron chi connectivity index (χ4n) is 1.19. The van der Waals surface area contributed by atoms with Gasteiger partial charge in [0, 0.05) is 0 Å². The summed E-state index contributed by atoms with van der Waals surface area (Å²) < 4.78 is 0. The van der Waals surface area contributed by atoms with E-state index in [1.807, 2.05) is 0 Å². The maximum Gasteiger partial charge on any atom is 0.337 e. The van der Waals surface area contributed by atoms with Gasteiger partial charge in [0.1, 0.15) is 0 Å². The Hall–Kier alpha value is -2.57. The van der Waals surface area contributed by atoms with E-state index in [-0.39, 0.29) is 22.4 Å². The van der Waals surface area contributed by atoms with Crippen molar-refractivity contribution in [3.05, 3.63) is 28.8 Å². The topological polar surface area (TPSA) is 139 Å². The Labute approximate surface area is 90.0 Å². The Morgan fingerprint density at radius 2 is 1.62 bits per heavy atom. The van der Waals surface area contributed by atoms with Crippen molar-refractivity contribution in [1.82, 2.24) is 0 Å². The van der Waals surface area contributed by atoms with E-state index in [0.717, 1.165) is 6.21 Å². The summed E-state index contributed by atoms with van der Waals surface area (Å²) in [5, 5.41) is 20.8. The van der Waals surface area contributed by atoms with Crippen LogP contribution in [0.1, 0.15) is 26.3 Å². The Kier molecular flexibility index (Phi) is 3.09. The van der Waals surface area contributed by atoms with Gasteiger partial charge in [-0.05, 0) is 17.7 Å². The van der Waals surface area contributed by atoms with Gasteiger partial charge in [0.05, 0.1) is 23.0 Å². The standard InChI is InChI=1S/C9H9N3O4/c10-7-5(8(13)14)1-4(3-12-11)2-6(7)9(15)16/h1-3H,10-11H2,(H,13,14)(H,15,16). The fourth-order valence-corrected chi connectivity index (χ4v) is 1.19. The predicted molar refractivity (Wildman–Crippen MR) is 56.6 cm³/mol. The lowest BCUT2D eigenvalue weighted by Crippen LogP contribution is -2.10. The molecular formula is C9H9N3O4. The summed E-state index contributed by atoms with van der Waals surface area (Å²) in [4.78, 5) is 21.6. The van der Waals surface area contributed by atoms with Crippen LogP contribution in [0.15, 0.2) is 17.2 Å². The summed E-state index contributed by atoms with van der Waals surface area (Å²) >= 11 is 0. The van der Waals surface area contributed by atoms with E-state index in [1.54, 1.807) is 0 Å². The van der Waals surface area contributed by atoms with Gasteiger partial charge in [-0.25, -0.2) is 9.59 Å². The van der Waals surface area contributed by atoms with Gasteiger partial charge in [0.2, 0.25) is 0 Å². The lowest BCUT2D eigenvalue weighted by atomic mass is 10.0. The third kappa shape index (κ3) is 2.08. The molecule has 0 bridgehead atoms. The zero-order valence-electron chi connectivity index (χ0n) is 8.04. The van der Waals surface area contributed by atoms with Crippen LogP contribution in [0.25, 0.3) is 0 Å². The van der Waals surface area contributed by atoms with E-state index in [4.69, 9.17) is 21.8 Å². The van der Waals surface area contributed by atoms with Gasteiger partial charge in [-0.3, -0.25) is 0 Å². The number of aromatic carboxylic acids is 2. The van der Waals surface area contributed by atoms with E-state index >= 15 is 0 Å². The van der Waals surface area contributed by atoms with E-state index < -0.39 is 11.9 Å². The molecule has 0 saturated heterocycles. The van der Waals surface area contributed by atoms with Crippen LogP contribution in [0.2, 0.25) is 0 Å². The van der Waals surface area contributed by atoms with Crippen LogP contribution in [0.4, 0.5) is 5.69 Å². The number of anilines is 1. The van der Waals surface area contributed by atoms with Crippen LogP contribution in [-0.4, -0.2) is 28.4 Å². The zero-order valence-corrected chi connectivity index (χ0v) is 8.04. The van der Waals surface area contributed by atoms with Crippen molar-refractivity contribution >= 4 is 23.8 Å². The fraction of sp³-hybridized carbons (Fsp3) is 0. The third-order valence-corrected chi connectivity index (χ3v) is 1.89. The van der Waals surface area contributed by atoms with Crippen molar-refractivity contribution in [2.24, 2.45) is 10.9 Å². The van der Waals surface area contributed by atoms with E-state index in [0.29, 0.717) is 0 Å². The van der Waals surface area contributed by atoms with Gasteiger partial charge < -0.3 is 21.8 Å². The second-order valence-electron chi connectivity index (χ2n) is 2.92. The van der Waals surface area contributed by atoms with Crippen LogP contribution in [0, 0.1) is 0 Å². The van der Waals surface area contributed by atoms with Gasteiger partial charge in [0.25, 0.3) is 0 Å². The molecule has 0 radical (unpaired) electrons. The molecule has 0 amide bonds. The third-order valence-electron chi connectivity index (χ3n) is 1.89. The molecule has 0 spiro atoms. The predicted octanol–water partition coefficient (Wildman–Crippen LogP) is -0.0422. The maximum absolute atomic E-state index is 10.8. The first-order valence-corrected chi connectivity index (χ1v) is 4.10. The van der Waals surface area contributed by atoms with Crippen molar-refractivity contribution in [1.29, 1.82) is 0 Å². The van der Waals surface area contributed by atoms with Crippen LogP contribution in [-0.2, 0) is 0 Å². The van der Waals surface area contributed by atoms with Gasteiger partial charge in [0.15, 0.2) is 0 Å². The highest BCUT2D eigenvalue weighted by Crippen LogP contribution is 2.20. The molecule has 0 atom stereocenters. The average molecular weight is 223 g/mol. The number of hydrogen-bond acceptors (Lipinski definition) is 5. The molecule has 7 heteroatoms. The molecule has 0 unspecified atom stereocenters. The van der Waals surface area contributed by atoms with Gasteiger partial charge in [-0.1, -0.05) is 0 Å². The number of benzene rings is 1. The largest absolute Gasteiger partial charge is 0.478 e. The van der Waals surface area contributed by atoms with Crippen LogP contribution in [0.5, 0.6) is 0 Å². The number of hydrazone groups is 1. The summed E-state index contributed by atoms with van der Waals surface area (Å²) in [7, 11) is 0. The molecule has 0 heterocycles. The SMILES string of the molecule is NN=Cc1cc(C(=O)O)c(N)c(C(=O)O)c1. The molecule has 0 fully saturated rings. The summed E-state index contributed by atoms with van der Waals surface area (Å²) in [5.41, 5.74) is 4.78. The zero-order chi connectivity index (χ0) is 12.3. The maximum atomic E-state index is 10.8. The molecule has 6 N–H and O–H groups in total. The molecule has 0 aromatic heterocycles. The number of nitrogens with two attached hydrogens (primary N) is 2. The summed E-state index contributed by atoms with van der Waals surface area (Å²) in [6.07, 6.45) is 1.14. The molecular weight excluding hydrogens is 214 g/mol. The average Bonchev–Trinajstić information content (AvgIpc) is 2.19. The minimum atomic E-state index is -1.31. The monoisotopic (exact) mass is 223 g/mol. The first kappa shape index (κ1) is 11.5. The molecule has 84 valence electrons. The molecule has 16 heavy (non-hydrogen) atoms. The van der Waals surface area contributed by atoms with Gasteiger partial charge in [-0.2, -0.15) is 5.10 Å². The highest BCUT2D eigenvalue weighted by atomic mass is 16.4. The number of rotatable bonds is 3. The van der Waals surface area contributed by atoms with E-state index in [1.165, 1.54) is 12.1 Å². The van der Waals surface area contributed by atoms with Crippen LogP contribution >= 0.6 is 0 Å². The number of carboxylic acids is 2. The number of nitrogen functional groups attached to an aromatic ring is 1. The van der Waals surface area contributed by atoms with Crippen LogP contribution in [0.3, 0.4) is 0 Å². The number of carboxylic acid groups (broad SMARTS) is 2. The Bertz CT molecular complexity index is 447. The molecule has 1 rings (SSSR count). The Morgan fingerprint density at radius 3 is 1.94 bits per heavy atom. The quantitative estimate of drug-likeness (QED) is 0.245. The molecule has 1 aromatic carbocycles. The first-order valence-electron chi connectivity index (χ1n) is 4.10. The van der Waals surface area contributed by atoms with Crippen molar-refractivity contribution in [2.45, 2.75) is 0 Å². The van der Waals surface area contributed by atoms with Crippen molar-refractivity contribution in [3.8, 4) is 0 Å². The minimum Gasteiger partial charge on any atom is -0.478 e. The lowest BCUT2D eigenvalue weighted by molar-refractivity contribution is 0.0696. The van der Waals surface area contributed by atoms with E-state index in [9.17, 15) is 9.59 Å². The second-order valence-corrected chi connectivity index (χ2v) is 2.92. The van der Waals surface area contributed by atoms with Gasteiger partial charge >= 0.3 is 11.9 Å². The van der Waals surface area contributed by atoms with E-state index in [2.05, 4.69) is 5.10 Å². The van der Waals surface area contributed by atoms with Gasteiger partial charge in [-0.15, -0.1) is 0 Å². The molecule has 1 aromatic rings. The Morgan fingerprint density at radius 1 is 1.19 bits per heavy atom. The number of nitrogens with zero attached hydrogens (tertiary/aromatic N) is 1. The normalized spacial score (nSPS) is 10.5. The molecule has 7 nitrogen and oxygen atoms in total. The molecule has 0 saturated carbocycles. The Balaban J connectivity index is 3.50. The second kappa shape index (κ2) is 4.30. The summed E-state index contributed by atoms with van der Waals surface area (Å²) in [6, 6.07) is 2.39. The van der Waals surface area contributed by atoms with Crippen molar-refractivity contribution in [2.75, 3.05) is 5.73 Å². The first-order chi connectivity index (χ1) is 7.47. The molecule has 0 aliphatic carbocycles. The highest BCUT2D eigenvalue weighted by Gasteiger charge is 2.17. The molecule has 0 aliphatic heterocycles. The van der Waals surface area contributed by atoms with Crippen molar-refractivity contribution in [3.63, 3.8) is 0 Å². The smallest absolute Gasteiger partial charge is 0.337 e. The highest BCUT2D eigenvalue weighted by molar-refractivity contribution is 6.04. The number of hydrogen-bond donors (Lipinski definition) is 4. The molecule has 0 aliphatic rings. The summed E-state index contributed by atoms with van der Waals surface area (Å²) in [5.74, 6) is 2.27.